The van der Waals surface area contributed by atoms with Crippen LogP contribution in [0, 0.1) is 13.8 Å². The van der Waals surface area contributed by atoms with Crippen LogP contribution in [0.3, 0.4) is 0 Å². The van der Waals surface area contributed by atoms with Crippen molar-refractivity contribution in [3.63, 3.8) is 0 Å². The second-order valence-corrected chi connectivity index (χ2v) is 7.00. The van der Waals surface area contributed by atoms with Gasteiger partial charge in [0.15, 0.2) is 0 Å². The third-order valence-corrected chi connectivity index (χ3v) is 5.28. The monoisotopic (exact) mass is 369 g/mol. The zero-order valence-electron chi connectivity index (χ0n) is 16.2. The topological polar surface area (TPSA) is 74.4 Å². The lowest BCUT2D eigenvalue weighted by atomic mass is 10.1. The number of hydrogen-bond acceptors (Lipinski definition) is 4. The smallest absolute Gasteiger partial charge is 0.339 e. The van der Waals surface area contributed by atoms with Gasteiger partial charge in [-0.05, 0) is 50.9 Å². The maximum atomic E-state index is 12.8. The summed E-state index contributed by atoms with van der Waals surface area (Å²) in [5.74, 6) is -0.634. The first-order valence-electron chi connectivity index (χ1n) is 9.37. The van der Waals surface area contributed by atoms with Gasteiger partial charge >= 0.3 is 5.97 Å². The highest BCUT2D eigenvalue weighted by Gasteiger charge is 2.26. The van der Waals surface area contributed by atoms with Crippen molar-refractivity contribution in [2.75, 3.05) is 26.7 Å². The van der Waals surface area contributed by atoms with Gasteiger partial charge in [-0.1, -0.05) is 30.3 Å². The number of benzene rings is 1. The molecule has 3 rings (SSSR count). The summed E-state index contributed by atoms with van der Waals surface area (Å²) in [6, 6.07) is 10.4. The van der Waals surface area contributed by atoms with Crippen molar-refractivity contribution in [1.29, 1.82) is 0 Å². The predicted octanol–water partition coefficient (Wildman–Crippen LogP) is 2.99. The fourth-order valence-corrected chi connectivity index (χ4v) is 3.85. The van der Waals surface area contributed by atoms with Crippen LogP contribution < -0.4 is 5.32 Å². The number of nitrogens with one attached hydrogen (secondary N) is 2. The largest absolute Gasteiger partial charge is 0.465 e. The molecule has 1 saturated heterocycles. The van der Waals surface area contributed by atoms with Gasteiger partial charge in [0.1, 0.15) is 5.69 Å². The van der Waals surface area contributed by atoms with Crippen LogP contribution in [0.5, 0.6) is 0 Å². The average molecular weight is 369 g/mol. The van der Waals surface area contributed by atoms with Crippen molar-refractivity contribution in [2.45, 2.75) is 32.7 Å². The summed E-state index contributed by atoms with van der Waals surface area (Å²) >= 11 is 0. The molecule has 27 heavy (non-hydrogen) atoms. The first kappa shape index (κ1) is 19.2. The average Bonchev–Trinajstić information content (AvgIpc) is 3.30. The van der Waals surface area contributed by atoms with Gasteiger partial charge in [0.25, 0.3) is 5.91 Å². The molecule has 1 aromatic carbocycles. The van der Waals surface area contributed by atoms with E-state index in [1.165, 1.54) is 25.5 Å². The van der Waals surface area contributed by atoms with E-state index in [1.807, 2.05) is 18.2 Å². The van der Waals surface area contributed by atoms with E-state index in [4.69, 9.17) is 4.74 Å². The molecule has 0 aliphatic carbocycles. The third kappa shape index (κ3) is 4.06. The first-order valence-corrected chi connectivity index (χ1v) is 9.37. The number of aromatic amines is 1. The number of aryl methyl sites for hydroxylation is 1. The Morgan fingerprint density at radius 2 is 1.85 bits per heavy atom. The maximum Gasteiger partial charge on any atom is 0.339 e. The molecule has 1 atom stereocenters. The molecule has 2 aromatic rings. The molecular weight excluding hydrogens is 342 g/mol. The Morgan fingerprint density at radius 3 is 2.48 bits per heavy atom. The quantitative estimate of drug-likeness (QED) is 0.768. The molecule has 1 fully saturated rings. The summed E-state index contributed by atoms with van der Waals surface area (Å²) in [4.78, 5) is 30.2. The van der Waals surface area contributed by atoms with E-state index < -0.39 is 5.97 Å². The van der Waals surface area contributed by atoms with Crippen molar-refractivity contribution in [2.24, 2.45) is 0 Å². The van der Waals surface area contributed by atoms with E-state index in [0.29, 0.717) is 29.1 Å². The lowest BCUT2D eigenvalue weighted by Crippen LogP contribution is -2.37. The summed E-state index contributed by atoms with van der Waals surface area (Å²) in [7, 11) is 1.34. The number of likely N-dealkylation sites (tertiary alicyclic amines) is 1. The summed E-state index contributed by atoms with van der Waals surface area (Å²) in [6.45, 7) is 6.14. The number of methoxy groups -OCH3 is 1. The SMILES string of the molecule is COC(=O)c1c(C)[nH]c(C(=O)NCC(c2ccccc2)N2CCCC2)c1C. The molecule has 1 aliphatic heterocycles. The Kier molecular flexibility index (Phi) is 5.96. The van der Waals surface area contributed by atoms with Gasteiger partial charge < -0.3 is 15.0 Å². The molecule has 6 nitrogen and oxygen atoms in total. The molecule has 144 valence electrons. The van der Waals surface area contributed by atoms with Crippen LogP contribution in [0.1, 0.15) is 56.6 Å². The van der Waals surface area contributed by atoms with E-state index >= 15 is 0 Å². The minimum absolute atomic E-state index is 0.147. The number of H-pyrrole nitrogens is 1. The second-order valence-electron chi connectivity index (χ2n) is 7.00. The maximum absolute atomic E-state index is 12.8. The molecule has 6 heteroatoms. The van der Waals surface area contributed by atoms with Crippen LogP contribution in [0.15, 0.2) is 30.3 Å². The molecule has 2 N–H and O–H groups in total. The first-order chi connectivity index (χ1) is 13.0. The number of ether oxygens (including phenoxy) is 1. The molecule has 1 aromatic heterocycles. The van der Waals surface area contributed by atoms with Gasteiger partial charge in [-0.25, -0.2) is 4.79 Å². The van der Waals surface area contributed by atoms with Crippen molar-refractivity contribution in [1.82, 2.24) is 15.2 Å². The predicted molar refractivity (Wildman–Crippen MR) is 104 cm³/mol. The highest BCUT2D eigenvalue weighted by Crippen LogP contribution is 2.25. The minimum atomic E-state index is -0.431. The Bertz CT molecular complexity index is 808. The highest BCUT2D eigenvalue weighted by atomic mass is 16.5. The summed E-state index contributed by atoms with van der Waals surface area (Å²) < 4.78 is 4.82. The molecule has 2 heterocycles. The fourth-order valence-electron chi connectivity index (χ4n) is 3.85. The van der Waals surface area contributed by atoms with Gasteiger partial charge in [-0.3, -0.25) is 9.69 Å². The van der Waals surface area contributed by atoms with Crippen molar-refractivity contribution < 1.29 is 14.3 Å². The highest BCUT2D eigenvalue weighted by molar-refractivity contribution is 6.00. The van der Waals surface area contributed by atoms with Gasteiger partial charge in [-0.15, -0.1) is 0 Å². The van der Waals surface area contributed by atoms with Crippen LogP contribution in [0.2, 0.25) is 0 Å². The molecule has 1 amide bonds. The lowest BCUT2D eigenvalue weighted by molar-refractivity contribution is 0.0599. The van der Waals surface area contributed by atoms with Crippen LogP contribution >= 0.6 is 0 Å². The van der Waals surface area contributed by atoms with E-state index in [1.54, 1.807) is 13.8 Å². The Morgan fingerprint density at radius 1 is 1.19 bits per heavy atom. The lowest BCUT2D eigenvalue weighted by Gasteiger charge is -2.28. The number of nitrogens with zero attached hydrogens (tertiary/aromatic N) is 1. The Hall–Kier alpha value is -2.60. The number of hydrogen-bond donors (Lipinski definition) is 2. The van der Waals surface area contributed by atoms with Gasteiger partial charge in [0.05, 0.1) is 18.7 Å². The van der Waals surface area contributed by atoms with Crippen molar-refractivity contribution >= 4 is 11.9 Å². The van der Waals surface area contributed by atoms with Gasteiger partial charge in [0, 0.05) is 12.2 Å². The van der Waals surface area contributed by atoms with Crippen LogP contribution in [0.25, 0.3) is 0 Å². The molecule has 1 unspecified atom stereocenters. The summed E-state index contributed by atoms with van der Waals surface area (Å²) in [5.41, 5.74) is 3.32. The van der Waals surface area contributed by atoms with Crippen LogP contribution in [0.4, 0.5) is 0 Å². The van der Waals surface area contributed by atoms with Crippen LogP contribution in [-0.4, -0.2) is 48.5 Å². The number of esters is 1. The fraction of sp³-hybridized carbons (Fsp3) is 0.429. The van der Waals surface area contributed by atoms with E-state index in [0.717, 1.165) is 13.1 Å². The zero-order valence-corrected chi connectivity index (χ0v) is 16.2. The third-order valence-electron chi connectivity index (χ3n) is 5.28. The van der Waals surface area contributed by atoms with Crippen LogP contribution in [-0.2, 0) is 4.74 Å². The number of rotatable bonds is 6. The number of amides is 1. The second kappa shape index (κ2) is 8.39. The van der Waals surface area contributed by atoms with Crippen molar-refractivity contribution in [3.8, 4) is 0 Å². The normalized spacial score (nSPS) is 15.5. The van der Waals surface area contributed by atoms with Gasteiger partial charge in [-0.2, -0.15) is 0 Å². The Balaban J connectivity index is 1.76. The van der Waals surface area contributed by atoms with E-state index in [-0.39, 0.29) is 11.9 Å². The van der Waals surface area contributed by atoms with E-state index in [9.17, 15) is 9.59 Å². The number of aromatic nitrogens is 1. The van der Waals surface area contributed by atoms with E-state index in [2.05, 4.69) is 27.3 Å². The molecule has 0 bridgehead atoms. The van der Waals surface area contributed by atoms with Crippen molar-refractivity contribution in [3.05, 3.63) is 58.4 Å². The zero-order chi connectivity index (χ0) is 19.4. The molecule has 0 radical (unpaired) electrons. The molecular formula is C21H27N3O3. The summed E-state index contributed by atoms with van der Waals surface area (Å²) in [6.07, 6.45) is 2.38. The minimum Gasteiger partial charge on any atom is -0.465 e. The van der Waals surface area contributed by atoms with Gasteiger partial charge in [0.2, 0.25) is 0 Å². The molecule has 1 aliphatic rings. The Labute approximate surface area is 159 Å². The molecule has 0 spiro atoms. The number of carbonyl (C=O) groups excluding carboxylic acids is 2. The number of carbonyl (C=O) groups is 2. The molecule has 0 saturated carbocycles. The standard InChI is InChI=1S/C21H27N3O3/c1-14-18(21(26)27-3)15(2)23-19(14)20(25)22-13-17(24-11-7-8-12-24)16-9-5-4-6-10-16/h4-6,9-10,17,23H,7-8,11-13H2,1-3H3,(H,22,25). The summed E-state index contributed by atoms with van der Waals surface area (Å²) in [5, 5.41) is 3.05.